The van der Waals surface area contributed by atoms with E-state index in [0.29, 0.717) is 11.4 Å². The van der Waals surface area contributed by atoms with E-state index >= 15 is 0 Å². The first-order chi connectivity index (χ1) is 13.3. The second-order valence-electron chi connectivity index (χ2n) is 7.42. The number of guanidine groups is 1. The van der Waals surface area contributed by atoms with Crippen molar-refractivity contribution in [1.29, 1.82) is 0 Å². The summed E-state index contributed by atoms with van der Waals surface area (Å²) >= 11 is 0. The molecule has 1 aliphatic rings. The van der Waals surface area contributed by atoms with Gasteiger partial charge in [-0.15, -0.1) is 0 Å². The Morgan fingerprint density at radius 3 is 2.61 bits per heavy atom. The van der Waals surface area contributed by atoms with Crippen molar-refractivity contribution >= 4 is 15.8 Å². The van der Waals surface area contributed by atoms with Crippen LogP contribution in [-0.2, 0) is 16.4 Å². The van der Waals surface area contributed by atoms with Gasteiger partial charge < -0.3 is 20.6 Å². The van der Waals surface area contributed by atoms with Crippen LogP contribution in [0.4, 0.5) is 0 Å². The number of piperidine rings is 1. The first-order valence-electron chi connectivity index (χ1n) is 10.0. The third kappa shape index (κ3) is 7.41. The van der Waals surface area contributed by atoms with Crippen LogP contribution in [0.25, 0.3) is 0 Å². The Labute approximate surface area is 169 Å². The summed E-state index contributed by atoms with van der Waals surface area (Å²) in [5.74, 6) is 0.765. The minimum absolute atomic E-state index is 0.128. The highest BCUT2D eigenvalue weighted by Gasteiger charge is 2.16. The number of rotatable bonds is 8. The van der Waals surface area contributed by atoms with Crippen molar-refractivity contribution in [3.05, 3.63) is 29.3 Å². The average Bonchev–Trinajstić information content (AvgIpc) is 2.63. The van der Waals surface area contributed by atoms with Crippen molar-refractivity contribution < 1.29 is 13.5 Å². The molecule has 0 amide bonds. The molecule has 0 atom stereocenters. The Hall–Kier alpha value is -1.64. The molecule has 0 unspecified atom stereocenters. The molecule has 1 aromatic carbocycles. The fourth-order valence-corrected chi connectivity index (χ4v) is 4.35. The fraction of sp³-hybridized carbons (Fsp3) is 0.650. The van der Waals surface area contributed by atoms with Gasteiger partial charge in [-0.3, -0.25) is 0 Å². The van der Waals surface area contributed by atoms with Gasteiger partial charge in [0.25, 0.3) is 0 Å². The lowest BCUT2D eigenvalue weighted by Gasteiger charge is -2.29. The Balaban J connectivity index is 1.84. The zero-order valence-electron chi connectivity index (χ0n) is 17.2. The number of likely N-dealkylation sites (tertiary alicyclic amines) is 1. The first-order valence-corrected chi connectivity index (χ1v) is 11.9. The van der Waals surface area contributed by atoms with Gasteiger partial charge in [0.1, 0.15) is 0 Å². The van der Waals surface area contributed by atoms with Crippen LogP contribution in [0.15, 0.2) is 28.1 Å². The lowest BCUT2D eigenvalue weighted by molar-refractivity contribution is 0.0823. The summed E-state index contributed by atoms with van der Waals surface area (Å²) in [6.45, 7) is 8.90. The highest BCUT2D eigenvalue weighted by molar-refractivity contribution is 7.90. The lowest BCUT2D eigenvalue weighted by atomic mass is 10.1. The van der Waals surface area contributed by atoms with Crippen LogP contribution in [0.3, 0.4) is 0 Å². The molecular formula is C20H34N4O3S. The number of aliphatic hydroxyl groups excluding tert-OH is 1. The molecular weight excluding hydrogens is 376 g/mol. The summed E-state index contributed by atoms with van der Waals surface area (Å²) < 4.78 is 23.5. The first kappa shape index (κ1) is 22.6. The number of hydrogen-bond acceptors (Lipinski definition) is 5. The van der Waals surface area contributed by atoms with Crippen molar-refractivity contribution in [3.63, 3.8) is 0 Å². The summed E-state index contributed by atoms with van der Waals surface area (Å²) in [6.07, 6.45) is 3.86. The van der Waals surface area contributed by atoms with Crippen LogP contribution in [0.2, 0.25) is 0 Å². The van der Waals surface area contributed by atoms with Crippen LogP contribution >= 0.6 is 0 Å². The molecule has 1 fully saturated rings. The van der Waals surface area contributed by atoms with Gasteiger partial charge in [-0.25, -0.2) is 13.4 Å². The molecule has 0 radical (unpaired) electrons. The standard InChI is InChI=1S/C20H34N4O3S/c1-4-21-20(22-10-5-11-24-12-8-18(25)9-13-24)23-15-17-6-7-19(16(2)14-17)28(3,26)27/h6-7,14,18,25H,4-5,8-13,15H2,1-3H3,(H2,21,22,23). The van der Waals surface area contributed by atoms with Gasteiger partial charge in [0.15, 0.2) is 15.8 Å². The predicted molar refractivity (Wildman–Crippen MR) is 113 cm³/mol. The average molecular weight is 411 g/mol. The second-order valence-corrected chi connectivity index (χ2v) is 9.40. The maximum Gasteiger partial charge on any atom is 0.191 e. The molecule has 1 saturated heterocycles. The molecule has 1 aliphatic heterocycles. The monoisotopic (exact) mass is 410 g/mol. The maximum absolute atomic E-state index is 11.7. The summed E-state index contributed by atoms with van der Waals surface area (Å²) in [7, 11) is -3.20. The number of sulfone groups is 1. The fourth-order valence-electron chi connectivity index (χ4n) is 3.39. The smallest absolute Gasteiger partial charge is 0.191 e. The van der Waals surface area contributed by atoms with Gasteiger partial charge in [0, 0.05) is 32.4 Å². The molecule has 0 bridgehead atoms. The van der Waals surface area contributed by atoms with E-state index < -0.39 is 9.84 Å². The van der Waals surface area contributed by atoms with E-state index in [1.807, 2.05) is 26.0 Å². The molecule has 7 nitrogen and oxygen atoms in total. The Morgan fingerprint density at radius 1 is 1.29 bits per heavy atom. The van der Waals surface area contributed by atoms with Gasteiger partial charge in [0.2, 0.25) is 0 Å². The van der Waals surface area contributed by atoms with Gasteiger partial charge in [-0.2, -0.15) is 0 Å². The van der Waals surface area contributed by atoms with E-state index in [9.17, 15) is 13.5 Å². The predicted octanol–water partition coefficient (Wildman–Crippen LogP) is 1.30. The van der Waals surface area contributed by atoms with Crippen LogP contribution < -0.4 is 10.6 Å². The molecule has 28 heavy (non-hydrogen) atoms. The van der Waals surface area contributed by atoms with Crippen LogP contribution in [0.1, 0.15) is 37.3 Å². The lowest BCUT2D eigenvalue weighted by Crippen LogP contribution is -2.40. The number of aliphatic hydroxyl groups is 1. The number of benzene rings is 1. The number of aliphatic imine (C=N–C) groups is 1. The minimum Gasteiger partial charge on any atom is -0.393 e. The van der Waals surface area contributed by atoms with Gasteiger partial charge in [-0.1, -0.05) is 12.1 Å². The number of hydrogen-bond donors (Lipinski definition) is 3. The highest BCUT2D eigenvalue weighted by atomic mass is 32.2. The Kier molecular flexibility index (Phi) is 8.72. The number of nitrogens with one attached hydrogen (secondary N) is 2. The summed E-state index contributed by atoms with van der Waals surface area (Å²) in [6, 6.07) is 5.36. The third-order valence-corrected chi connectivity index (χ3v) is 6.16. The molecule has 1 heterocycles. The molecule has 8 heteroatoms. The van der Waals surface area contributed by atoms with Crippen molar-refractivity contribution in [3.8, 4) is 0 Å². The Bertz CT molecular complexity index is 757. The largest absolute Gasteiger partial charge is 0.393 e. The Morgan fingerprint density at radius 2 is 2.00 bits per heavy atom. The zero-order chi connectivity index (χ0) is 20.6. The molecule has 3 N–H and O–H groups in total. The van der Waals surface area contributed by atoms with E-state index in [-0.39, 0.29) is 6.10 Å². The topological polar surface area (TPSA) is 94.0 Å². The van der Waals surface area contributed by atoms with E-state index in [1.54, 1.807) is 6.07 Å². The molecule has 1 aromatic rings. The molecule has 0 spiro atoms. The third-order valence-electron chi connectivity index (χ3n) is 4.90. The number of aryl methyl sites for hydroxylation is 1. The van der Waals surface area contributed by atoms with E-state index in [2.05, 4.69) is 20.5 Å². The normalized spacial score (nSPS) is 16.9. The zero-order valence-corrected chi connectivity index (χ0v) is 18.1. The summed E-state index contributed by atoms with van der Waals surface area (Å²) in [5.41, 5.74) is 1.73. The molecule has 0 saturated carbocycles. The molecule has 0 aromatic heterocycles. The van der Waals surface area contributed by atoms with Crippen molar-refractivity contribution in [2.75, 3.05) is 39.0 Å². The molecule has 158 valence electrons. The molecule has 2 rings (SSSR count). The highest BCUT2D eigenvalue weighted by Crippen LogP contribution is 2.17. The number of nitrogens with zero attached hydrogens (tertiary/aromatic N) is 2. The summed E-state index contributed by atoms with van der Waals surface area (Å²) in [5, 5.41) is 16.2. The maximum atomic E-state index is 11.7. The van der Waals surface area contributed by atoms with Crippen molar-refractivity contribution in [2.45, 2.75) is 50.7 Å². The second kappa shape index (κ2) is 10.8. The van der Waals surface area contributed by atoms with E-state index in [1.165, 1.54) is 6.26 Å². The minimum atomic E-state index is -3.20. The van der Waals surface area contributed by atoms with Crippen LogP contribution in [-0.4, -0.2) is 69.5 Å². The van der Waals surface area contributed by atoms with Crippen LogP contribution in [0, 0.1) is 6.92 Å². The molecule has 0 aliphatic carbocycles. The van der Waals surface area contributed by atoms with Crippen molar-refractivity contribution in [2.24, 2.45) is 4.99 Å². The van der Waals surface area contributed by atoms with E-state index in [4.69, 9.17) is 0 Å². The van der Waals surface area contributed by atoms with Gasteiger partial charge >= 0.3 is 0 Å². The van der Waals surface area contributed by atoms with Crippen LogP contribution in [0.5, 0.6) is 0 Å². The van der Waals surface area contributed by atoms with Crippen molar-refractivity contribution in [1.82, 2.24) is 15.5 Å². The van der Waals surface area contributed by atoms with Gasteiger partial charge in [-0.05, 0) is 56.8 Å². The SMILES string of the molecule is CCNC(=NCc1ccc(S(C)(=O)=O)c(C)c1)NCCCN1CCC(O)CC1. The van der Waals surface area contributed by atoms with E-state index in [0.717, 1.165) is 69.1 Å². The quantitative estimate of drug-likeness (QED) is 0.340. The summed E-state index contributed by atoms with van der Waals surface area (Å²) in [4.78, 5) is 7.37. The van der Waals surface area contributed by atoms with Gasteiger partial charge in [0.05, 0.1) is 17.5 Å².